The van der Waals surface area contributed by atoms with Gasteiger partial charge < -0.3 is 19.5 Å². The number of halogens is 3. The van der Waals surface area contributed by atoms with Gasteiger partial charge in [-0.15, -0.1) is 0 Å². The molecule has 172 valence electrons. The molecular formula is C23H25F3N2O4. The van der Waals surface area contributed by atoms with Crippen molar-refractivity contribution >= 4 is 12.0 Å². The lowest BCUT2D eigenvalue weighted by atomic mass is 10.0. The van der Waals surface area contributed by atoms with Crippen molar-refractivity contribution in [2.45, 2.75) is 12.7 Å². The summed E-state index contributed by atoms with van der Waals surface area (Å²) in [5, 5.41) is 2.87. The summed E-state index contributed by atoms with van der Waals surface area (Å²) in [4.78, 5) is 14.6. The summed E-state index contributed by atoms with van der Waals surface area (Å²) in [5.41, 5.74) is 1.49. The number of ether oxygens (including phenoxy) is 3. The first-order valence-electron chi connectivity index (χ1n) is 10.1. The molecule has 1 aliphatic rings. The van der Waals surface area contributed by atoms with Crippen LogP contribution in [0.5, 0.6) is 11.5 Å². The fraction of sp³-hybridized carbons (Fsp3) is 0.348. The normalized spacial score (nSPS) is 15.7. The van der Waals surface area contributed by atoms with Crippen molar-refractivity contribution in [2.24, 2.45) is 0 Å². The van der Waals surface area contributed by atoms with Crippen LogP contribution in [0.4, 0.5) is 13.2 Å². The Bertz CT molecular complexity index is 916. The Balaban J connectivity index is 1.64. The number of hydrogen-bond acceptors (Lipinski definition) is 5. The molecule has 1 unspecified atom stereocenters. The second-order valence-electron chi connectivity index (χ2n) is 7.08. The van der Waals surface area contributed by atoms with Gasteiger partial charge in [-0.05, 0) is 41.5 Å². The number of hydrogen-bond donors (Lipinski definition) is 1. The quantitative estimate of drug-likeness (QED) is 0.592. The zero-order valence-corrected chi connectivity index (χ0v) is 17.6. The molecule has 1 fully saturated rings. The lowest BCUT2D eigenvalue weighted by Gasteiger charge is -2.34. The summed E-state index contributed by atoms with van der Waals surface area (Å²) in [6.07, 6.45) is 2.90. The van der Waals surface area contributed by atoms with E-state index in [2.05, 4.69) is 15.0 Å². The molecule has 0 saturated carbocycles. The molecule has 3 rings (SSSR count). The Kier molecular flexibility index (Phi) is 8.52. The summed E-state index contributed by atoms with van der Waals surface area (Å²) in [7, 11) is 1.34. The molecule has 0 spiro atoms. The standard InChI is InChI=1S/C23H25F3N2O4/c1-30-21-14-16(2-8-20(21)32-23(25)26)3-9-22(29)27-15-19(28-10-12-31-13-11-28)17-4-6-18(24)7-5-17/h2-9,14,19,23H,10-13,15H2,1H3,(H,27,29)/b9-3+. The first kappa shape index (κ1) is 23.6. The zero-order chi connectivity index (χ0) is 22.9. The number of nitrogens with zero attached hydrogens (tertiary/aromatic N) is 1. The molecule has 1 saturated heterocycles. The fourth-order valence-electron chi connectivity index (χ4n) is 3.44. The Morgan fingerprint density at radius 2 is 1.88 bits per heavy atom. The van der Waals surface area contributed by atoms with Crippen LogP contribution in [0.2, 0.25) is 0 Å². The minimum Gasteiger partial charge on any atom is -0.493 e. The number of benzene rings is 2. The van der Waals surface area contributed by atoms with Gasteiger partial charge in [0.25, 0.3) is 0 Å². The van der Waals surface area contributed by atoms with Crippen LogP contribution >= 0.6 is 0 Å². The predicted octanol–water partition coefficient (Wildman–Crippen LogP) is 3.64. The van der Waals surface area contributed by atoms with Crippen LogP contribution in [0.15, 0.2) is 48.5 Å². The number of carbonyl (C=O) groups is 1. The number of carbonyl (C=O) groups excluding carboxylic acids is 1. The van der Waals surface area contributed by atoms with E-state index in [0.29, 0.717) is 38.4 Å². The van der Waals surface area contributed by atoms with Gasteiger partial charge in [-0.1, -0.05) is 18.2 Å². The number of amides is 1. The number of rotatable bonds is 9. The van der Waals surface area contributed by atoms with Crippen LogP contribution in [0, 0.1) is 5.82 Å². The number of nitrogens with one attached hydrogen (secondary N) is 1. The van der Waals surface area contributed by atoms with E-state index in [0.717, 1.165) is 5.56 Å². The summed E-state index contributed by atoms with van der Waals surface area (Å²) in [6.45, 7) is -0.0193. The summed E-state index contributed by atoms with van der Waals surface area (Å²) in [6, 6.07) is 10.5. The van der Waals surface area contributed by atoms with Crippen LogP contribution in [0.1, 0.15) is 17.2 Å². The van der Waals surface area contributed by atoms with Crippen molar-refractivity contribution in [3.63, 3.8) is 0 Å². The largest absolute Gasteiger partial charge is 0.493 e. The highest BCUT2D eigenvalue weighted by molar-refractivity contribution is 5.91. The predicted molar refractivity (Wildman–Crippen MR) is 113 cm³/mol. The first-order valence-corrected chi connectivity index (χ1v) is 10.1. The molecule has 1 heterocycles. The maximum absolute atomic E-state index is 13.3. The van der Waals surface area contributed by atoms with E-state index in [9.17, 15) is 18.0 Å². The van der Waals surface area contributed by atoms with Gasteiger partial charge in [0, 0.05) is 25.7 Å². The van der Waals surface area contributed by atoms with Crippen molar-refractivity contribution in [3.8, 4) is 11.5 Å². The minimum absolute atomic E-state index is 0.0863. The van der Waals surface area contributed by atoms with Crippen LogP contribution in [0.25, 0.3) is 6.08 Å². The van der Waals surface area contributed by atoms with Gasteiger partial charge in [-0.3, -0.25) is 9.69 Å². The van der Waals surface area contributed by atoms with E-state index in [1.165, 1.54) is 37.5 Å². The van der Waals surface area contributed by atoms with Crippen LogP contribution in [-0.4, -0.2) is 57.4 Å². The van der Waals surface area contributed by atoms with Gasteiger partial charge in [-0.25, -0.2) is 4.39 Å². The Labute approximate surface area is 184 Å². The molecule has 2 aromatic rings. The second-order valence-corrected chi connectivity index (χ2v) is 7.08. The van der Waals surface area contributed by atoms with E-state index >= 15 is 0 Å². The van der Waals surface area contributed by atoms with Crippen molar-refractivity contribution in [2.75, 3.05) is 40.0 Å². The Hall–Kier alpha value is -3.04. The Morgan fingerprint density at radius 1 is 1.16 bits per heavy atom. The fourth-order valence-corrected chi connectivity index (χ4v) is 3.44. The van der Waals surface area contributed by atoms with Crippen LogP contribution < -0.4 is 14.8 Å². The van der Waals surface area contributed by atoms with E-state index in [4.69, 9.17) is 9.47 Å². The highest BCUT2D eigenvalue weighted by Crippen LogP contribution is 2.30. The lowest BCUT2D eigenvalue weighted by Crippen LogP contribution is -2.43. The molecule has 0 bridgehead atoms. The highest BCUT2D eigenvalue weighted by atomic mass is 19.3. The average molecular weight is 450 g/mol. The maximum Gasteiger partial charge on any atom is 0.387 e. The first-order chi connectivity index (χ1) is 15.5. The molecule has 1 aliphatic heterocycles. The zero-order valence-electron chi connectivity index (χ0n) is 17.6. The Morgan fingerprint density at radius 3 is 2.53 bits per heavy atom. The molecule has 1 amide bonds. The van der Waals surface area contributed by atoms with Crippen LogP contribution in [-0.2, 0) is 9.53 Å². The van der Waals surface area contributed by atoms with Crippen molar-refractivity contribution in [3.05, 3.63) is 65.5 Å². The van der Waals surface area contributed by atoms with Gasteiger partial charge in [0.15, 0.2) is 11.5 Å². The minimum atomic E-state index is -2.96. The van der Waals surface area contributed by atoms with E-state index in [1.54, 1.807) is 24.3 Å². The average Bonchev–Trinajstić information content (AvgIpc) is 2.80. The third-order valence-corrected chi connectivity index (χ3v) is 5.04. The van der Waals surface area contributed by atoms with Gasteiger partial charge in [0.2, 0.25) is 5.91 Å². The third-order valence-electron chi connectivity index (χ3n) is 5.04. The molecule has 32 heavy (non-hydrogen) atoms. The summed E-state index contributed by atoms with van der Waals surface area (Å²) >= 11 is 0. The number of morpholine rings is 1. The maximum atomic E-state index is 13.3. The van der Waals surface area contributed by atoms with Crippen molar-refractivity contribution in [1.82, 2.24) is 10.2 Å². The van der Waals surface area contributed by atoms with E-state index < -0.39 is 6.61 Å². The highest BCUT2D eigenvalue weighted by Gasteiger charge is 2.23. The van der Waals surface area contributed by atoms with Gasteiger partial charge in [0.05, 0.1) is 26.4 Å². The SMILES string of the molecule is COc1cc(/C=C/C(=O)NCC(c2ccc(F)cc2)N2CCOCC2)ccc1OC(F)F. The second kappa shape index (κ2) is 11.5. The topological polar surface area (TPSA) is 60.0 Å². The number of alkyl halides is 2. The number of methoxy groups -OCH3 is 1. The van der Waals surface area contributed by atoms with Gasteiger partial charge in [-0.2, -0.15) is 8.78 Å². The summed E-state index contributed by atoms with van der Waals surface area (Å²) in [5.74, 6) is -0.590. The van der Waals surface area contributed by atoms with E-state index in [-0.39, 0.29) is 29.3 Å². The summed E-state index contributed by atoms with van der Waals surface area (Å²) < 4.78 is 53.1. The van der Waals surface area contributed by atoms with Gasteiger partial charge >= 0.3 is 6.61 Å². The molecule has 1 atom stereocenters. The molecule has 1 N–H and O–H groups in total. The molecule has 0 aromatic heterocycles. The monoisotopic (exact) mass is 450 g/mol. The smallest absolute Gasteiger partial charge is 0.387 e. The molecule has 0 radical (unpaired) electrons. The third kappa shape index (κ3) is 6.73. The molecule has 2 aromatic carbocycles. The van der Waals surface area contributed by atoms with Crippen molar-refractivity contribution < 1.29 is 32.2 Å². The molecular weight excluding hydrogens is 425 g/mol. The van der Waals surface area contributed by atoms with Crippen LogP contribution in [0.3, 0.4) is 0 Å². The molecule has 0 aliphatic carbocycles. The molecule has 9 heteroatoms. The molecule has 6 nitrogen and oxygen atoms in total. The lowest BCUT2D eigenvalue weighted by molar-refractivity contribution is -0.116. The van der Waals surface area contributed by atoms with E-state index in [1.807, 2.05) is 0 Å². The van der Waals surface area contributed by atoms with Gasteiger partial charge in [0.1, 0.15) is 5.82 Å². The van der Waals surface area contributed by atoms with Crippen molar-refractivity contribution in [1.29, 1.82) is 0 Å².